The maximum Gasteiger partial charge on any atom is 0.255 e. The van der Waals surface area contributed by atoms with Crippen LogP contribution in [-0.2, 0) is 24.1 Å². The lowest BCUT2D eigenvalue weighted by Gasteiger charge is -2.23. The van der Waals surface area contributed by atoms with Crippen LogP contribution in [0.25, 0.3) is 0 Å². The zero-order valence-electron chi connectivity index (χ0n) is 15.0. The van der Waals surface area contributed by atoms with Crippen LogP contribution in [0.15, 0.2) is 17.1 Å². The number of aromatic amines is 1. The maximum absolute atomic E-state index is 12.6. The molecule has 1 fully saturated rings. The third kappa shape index (κ3) is 3.19. The molecule has 2 aromatic heterocycles. The maximum atomic E-state index is 12.6. The molecule has 1 aliphatic carbocycles. The molecule has 2 aliphatic rings. The predicted octanol–water partition coefficient (Wildman–Crippen LogP) is 1.65. The van der Waals surface area contributed by atoms with Crippen molar-refractivity contribution in [2.24, 2.45) is 0 Å². The van der Waals surface area contributed by atoms with Gasteiger partial charge in [0.15, 0.2) is 0 Å². The fourth-order valence-corrected chi connectivity index (χ4v) is 3.91. The molecule has 26 heavy (non-hydrogen) atoms. The fourth-order valence-electron chi connectivity index (χ4n) is 3.91. The smallest absolute Gasteiger partial charge is 0.255 e. The first-order valence-electron chi connectivity index (χ1n) is 9.27. The van der Waals surface area contributed by atoms with Crippen molar-refractivity contribution in [2.45, 2.75) is 51.6 Å². The Balaban J connectivity index is 1.46. The van der Waals surface area contributed by atoms with Crippen molar-refractivity contribution in [3.8, 4) is 0 Å². The molecule has 1 saturated heterocycles. The summed E-state index contributed by atoms with van der Waals surface area (Å²) in [7, 11) is 0. The molecule has 3 heterocycles. The predicted molar refractivity (Wildman–Crippen MR) is 96.3 cm³/mol. The summed E-state index contributed by atoms with van der Waals surface area (Å²) < 4.78 is 7.32. The van der Waals surface area contributed by atoms with Gasteiger partial charge < -0.3 is 15.0 Å². The zero-order chi connectivity index (χ0) is 18.1. The summed E-state index contributed by atoms with van der Waals surface area (Å²) >= 11 is 0. The standard InChI is InChI=1S/C19H24N4O3/c1-12-16(11-21-23(12)15-5-7-26-8-6-15)19(25)20-10-14-9-13-3-2-4-17(13)22-18(14)24/h9,11,15H,2-8,10H2,1H3,(H,20,25)(H,22,24). The number of fused-ring (bicyclic) bond motifs is 1. The van der Waals surface area contributed by atoms with E-state index in [4.69, 9.17) is 4.74 Å². The first-order valence-corrected chi connectivity index (χ1v) is 9.27. The Morgan fingerprint density at radius 1 is 1.38 bits per heavy atom. The van der Waals surface area contributed by atoms with E-state index in [0.717, 1.165) is 56.7 Å². The van der Waals surface area contributed by atoms with Gasteiger partial charge in [-0.15, -0.1) is 0 Å². The number of aryl methyl sites for hydroxylation is 2. The van der Waals surface area contributed by atoms with Crippen molar-refractivity contribution < 1.29 is 9.53 Å². The van der Waals surface area contributed by atoms with Crippen LogP contribution in [-0.4, -0.2) is 33.9 Å². The second-order valence-electron chi connectivity index (χ2n) is 7.10. The summed E-state index contributed by atoms with van der Waals surface area (Å²) in [6.07, 6.45) is 6.44. The summed E-state index contributed by atoms with van der Waals surface area (Å²) in [4.78, 5) is 27.7. The van der Waals surface area contributed by atoms with Crippen molar-refractivity contribution in [1.29, 1.82) is 0 Å². The quantitative estimate of drug-likeness (QED) is 0.872. The van der Waals surface area contributed by atoms with E-state index in [1.165, 1.54) is 5.56 Å². The molecule has 1 aliphatic heterocycles. The van der Waals surface area contributed by atoms with Crippen LogP contribution in [0, 0.1) is 6.92 Å². The van der Waals surface area contributed by atoms with Gasteiger partial charge in [0.2, 0.25) is 0 Å². The number of pyridine rings is 1. The molecule has 0 unspecified atom stereocenters. The Morgan fingerprint density at radius 2 is 2.19 bits per heavy atom. The van der Waals surface area contributed by atoms with E-state index in [2.05, 4.69) is 15.4 Å². The Kier molecular flexibility index (Phi) is 4.63. The lowest BCUT2D eigenvalue weighted by Crippen LogP contribution is -2.28. The van der Waals surface area contributed by atoms with Crippen molar-refractivity contribution in [3.63, 3.8) is 0 Å². The van der Waals surface area contributed by atoms with Crippen LogP contribution in [0.2, 0.25) is 0 Å². The van der Waals surface area contributed by atoms with Gasteiger partial charge in [-0.05, 0) is 50.7 Å². The van der Waals surface area contributed by atoms with Crippen LogP contribution < -0.4 is 10.9 Å². The Labute approximate surface area is 151 Å². The van der Waals surface area contributed by atoms with E-state index in [1.807, 2.05) is 17.7 Å². The van der Waals surface area contributed by atoms with E-state index in [0.29, 0.717) is 11.1 Å². The lowest BCUT2D eigenvalue weighted by atomic mass is 10.1. The van der Waals surface area contributed by atoms with Crippen molar-refractivity contribution in [3.05, 3.63) is 50.7 Å². The number of hydrogen-bond acceptors (Lipinski definition) is 4. The van der Waals surface area contributed by atoms with Crippen LogP contribution in [0.1, 0.15) is 58.2 Å². The SMILES string of the molecule is Cc1c(C(=O)NCc2cc3c([nH]c2=O)CCC3)cnn1C1CCOCC1. The summed E-state index contributed by atoms with van der Waals surface area (Å²) in [6.45, 7) is 3.60. The molecule has 138 valence electrons. The number of nitrogens with zero attached hydrogens (tertiary/aromatic N) is 2. The van der Waals surface area contributed by atoms with E-state index in [1.54, 1.807) is 6.20 Å². The van der Waals surface area contributed by atoms with Gasteiger partial charge in [-0.2, -0.15) is 5.10 Å². The third-order valence-corrected chi connectivity index (χ3v) is 5.43. The molecule has 0 bridgehead atoms. The number of rotatable bonds is 4. The van der Waals surface area contributed by atoms with E-state index < -0.39 is 0 Å². The highest BCUT2D eigenvalue weighted by molar-refractivity contribution is 5.95. The monoisotopic (exact) mass is 356 g/mol. The Bertz CT molecular complexity index is 877. The van der Waals surface area contributed by atoms with Gasteiger partial charge in [0, 0.05) is 36.7 Å². The highest BCUT2D eigenvalue weighted by atomic mass is 16.5. The minimum atomic E-state index is -0.194. The minimum Gasteiger partial charge on any atom is -0.381 e. The van der Waals surface area contributed by atoms with E-state index in [9.17, 15) is 9.59 Å². The van der Waals surface area contributed by atoms with Gasteiger partial charge >= 0.3 is 0 Å². The Morgan fingerprint density at radius 3 is 3.00 bits per heavy atom. The van der Waals surface area contributed by atoms with Gasteiger partial charge in [-0.25, -0.2) is 0 Å². The third-order valence-electron chi connectivity index (χ3n) is 5.43. The largest absolute Gasteiger partial charge is 0.381 e. The molecule has 7 nitrogen and oxygen atoms in total. The first-order chi connectivity index (χ1) is 12.6. The lowest BCUT2D eigenvalue weighted by molar-refractivity contribution is 0.0656. The van der Waals surface area contributed by atoms with Crippen molar-refractivity contribution in [1.82, 2.24) is 20.1 Å². The summed E-state index contributed by atoms with van der Waals surface area (Å²) in [6, 6.07) is 2.21. The average molecular weight is 356 g/mol. The summed E-state index contributed by atoms with van der Waals surface area (Å²) in [5.41, 5.74) is 4.15. The van der Waals surface area contributed by atoms with E-state index >= 15 is 0 Å². The topological polar surface area (TPSA) is 89.0 Å². The number of amides is 1. The number of hydrogen-bond donors (Lipinski definition) is 2. The van der Waals surface area contributed by atoms with Gasteiger partial charge in [0.1, 0.15) is 0 Å². The average Bonchev–Trinajstić information content (AvgIpc) is 3.26. The normalized spacial score (nSPS) is 17.3. The molecular formula is C19H24N4O3. The molecule has 0 atom stereocenters. The molecule has 7 heteroatoms. The highest BCUT2D eigenvalue weighted by Crippen LogP contribution is 2.23. The molecule has 0 radical (unpaired) electrons. The second kappa shape index (κ2) is 7.07. The molecule has 0 saturated carbocycles. The van der Waals surface area contributed by atoms with Crippen LogP contribution in [0.5, 0.6) is 0 Å². The zero-order valence-corrected chi connectivity index (χ0v) is 15.0. The molecule has 1 amide bonds. The molecular weight excluding hydrogens is 332 g/mol. The van der Waals surface area contributed by atoms with Crippen molar-refractivity contribution in [2.75, 3.05) is 13.2 Å². The van der Waals surface area contributed by atoms with Crippen molar-refractivity contribution >= 4 is 5.91 Å². The molecule has 4 rings (SSSR count). The number of carbonyl (C=O) groups is 1. The second-order valence-corrected chi connectivity index (χ2v) is 7.10. The molecule has 2 aromatic rings. The van der Waals surface area contributed by atoms with Gasteiger partial charge in [0.25, 0.3) is 11.5 Å². The molecule has 2 N–H and O–H groups in total. The number of nitrogens with one attached hydrogen (secondary N) is 2. The summed E-state index contributed by atoms with van der Waals surface area (Å²) in [5.74, 6) is -0.194. The highest BCUT2D eigenvalue weighted by Gasteiger charge is 2.22. The van der Waals surface area contributed by atoms with Gasteiger partial charge in [-0.3, -0.25) is 14.3 Å². The van der Waals surface area contributed by atoms with Crippen LogP contribution in [0.4, 0.5) is 0 Å². The number of carbonyl (C=O) groups excluding carboxylic acids is 1. The molecule has 0 aromatic carbocycles. The van der Waals surface area contributed by atoms with Gasteiger partial charge in [0.05, 0.1) is 17.8 Å². The Hall–Kier alpha value is -2.41. The van der Waals surface area contributed by atoms with Gasteiger partial charge in [-0.1, -0.05) is 0 Å². The summed E-state index contributed by atoms with van der Waals surface area (Å²) in [5, 5.41) is 7.28. The first kappa shape index (κ1) is 17.0. The van der Waals surface area contributed by atoms with Crippen LogP contribution in [0.3, 0.4) is 0 Å². The van der Waals surface area contributed by atoms with E-state index in [-0.39, 0.29) is 24.1 Å². The minimum absolute atomic E-state index is 0.111. The fraction of sp³-hybridized carbons (Fsp3) is 0.526. The van der Waals surface area contributed by atoms with Crippen LogP contribution >= 0.6 is 0 Å². The number of ether oxygens (including phenoxy) is 1. The molecule has 0 spiro atoms. The number of aromatic nitrogens is 3. The number of H-pyrrole nitrogens is 1.